The lowest BCUT2D eigenvalue weighted by Crippen LogP contribution is -2.26. The maximum absolute atomic E-state index is 11.2. The van der Waals surface area contributed by atoms with Gasteiger partial charge in [-0.2, -0.15) is 0 Å². The van der Waals surface area contributed by atoms with Crippen LogP contribution in [0.4, 0.5) is 0 Å². The van der Waals surface area contributed by atoms with Crippen molar-refractivity contribution in [3.05, 3.63) is 65.7 Å². The number of hydrogen-bond acceptors (Lipinski definition) is 3. The smallest absolute Gasteiger partial charge is 0.339 e. The summed E-state index contributed by atoms with van der Waals surface area (Å²) in [6, 6.07) is 17.2. The van der Waals surface area contributed by atoms with Crippen LogP contribution in [0.3, 0.4) is 0 Å². The van der Waals surface area contributed by atoms with E-state index in [1.54, 1.807) is 24.3 Å². The van der Waals surface area contributed by atoms with E-state index in [0.717, 1.165) is 25.9 Å². The lowest BCUT2D eigenvalue weighted by Gasteiger charge is -2.18. The topological polar surface area (TPSA) is 49.8 Å². The van der Waals surface area contributed by atoms with Crippen LogP contribution >= 0.6 is 0 Å². The summed E-state index contributed by atoms with van der Waals surface area (Å²) in [6.45, 7) is 1.65. The van der Waals surface area contributed by atoms with Crippen LogP contribution in [0.1, 0.15) is 22.3 Å². The van der Waals surface area contributed by atoms with Gasteiger partial charge in [-0.25, -0.2) is 4.79 Å². The summed E-state index contributed by atoms with van der Waals surface area (Å²) < 4.78 is 0. The van der Waals surface area contributed by atoms with E-state index in [-0.39, 0.29) is 5.56 Å². The highest BCUT2D eigenvalue weighted by atomic mass is 16.7. The van der Waals surface area contributed by atoms with Crippen LogP contribution in [0, 0.1) is 5.92 Å². The lowest BCUT2D eigenvalue weighted by molar-refractivity contribution is -0.0391. The molecule has 1 aliphatic rings. The van der Waals surface area contributed by atoms with E-state index >= 15 is 0 Å². The lowest BCUT2D eigenvalue weighted by atomic mass is 9.99. The third-order valence-corrected chi connectivity index (χ3v) is 3.96. The second-order valence-electron chi connectivity index (χ2n) is 5.63. The molecule has 0 saturated carbocycles. The predicted octanol–water partition coefficient (Wildman–Crippen LogP) is 3.24. The minimum Gasteiger partial charge on any atom is -0.478 e. The van der Waals surface area contributed by atoms with E-state index < -0.39 is 5.97 Å². The van der Waals surface area contributed by atoms with Gasteiger partial charge in [0.15, 0.2) is 5.75 Å². The van der Waals surface area contributed by atoms with Gasteiger partial charge in [-0.15, -0.1) is 5.06 Å². The molecule has 1 aliphatic heterocycles. The minimum atomic E-state index is -0.962. The molecule has 1 N–H and O–H groups in total. The van der Waals surface area contributed by atoms with E-state index in [2.05, 4.69) is 24.3 Å². The standard InChI is InChI=1S/C18H19NO3/c20-18(21)16-8-4-5-9-17(16)22-19-11-10-15(13-19)12-14-6-2-1-3-7-14/h1-9,15H,10-13H2,(H,20,21). The van der Waals surface area contributed by atoms with Gasteiger partial charge in [-0.05, 0) is 36.5 Å². The Morgan fingerprint density at radius 1 is 1.14 bits per heavy atom. The molecule has 2 aromatic carbocycles. The molecule has 4 nitrogen and oxygen atoms in total. The first-order chi connectivity index (χ1) is 10.7. The molecule has 0 aliphatic carbocycles. The van der Waals surface area contributed by atoms with E-state index in [1.165, 1.54) is 5.56 Å². The monoisotopic (exact) mass is 297 g/mol. The third kappa shape index (κ3) is 3.46. The molecule has 1 fully saturated rings. The number of carboxylic acids is 1. The van der Waals surface area contributed by atoms with Gasteiger partial charge in [0, 0.05) is 13.1 Å². The van der Waals surface area contributed by atoms with E-state index in [9.17, 15) is 9.90 Å². The van der Waals surface area contributed by atoms with E-state index in [4.69, 9.17) is 4.84 Å². The van der Waals surface area contributed by atoms with Crippen molar-refractivity contribution in [2.75, 3.05) is 13.1 Å². The Kier molecular flexibility index (Phi) is 4.39. The number of hydroxylamine groups is 2. The van der Waals surface area contributed by atoms with E-state index in [0.29, 0.717) is 11.7 Å². The maximum atomic E-state index is 11.2. The van der Waals surface area contributed by atoms with Crippen molar-refractivity contribution < 1.29 is 14.7 Å². The van der Waals surface area contributed by atoms with Gasteiger partial charge < -0.3 is 9.94 Å². The zero-order valence-corrected chi connectivity index (χ0v) is 12.3. The largest absolute Gasteiger partial charge is 0.478 e. The number of hydrogen-bond donors (Lipinski definition) is 1. The van der Waals surface area contributed by atoms with Crippen LogP contribution in [0.25, 0.3) is 0 Å². The molecule has 3 rings (SSSR count). The zero-order chi connectivity index (χ0) is 15.4. The van der Waals surface area contributed by atoms with Crippen LogP contribution in [0.15, 0.2) is 54.6 Å². The summed E-state index contributed by atoms with van der Waals surface area (Å²) in [5, 5.41) is 11.1. The second kappa shape index (κ2) is 6.62. The van der Waals surface area contributed by atoms with E-state index in [1.807, 2.05) is 11.1 Å². The summed E-state index contributed by atoms with van der Waals surface area (Å²) >= 11 is 0. The molecule has 1 saturated heterocycles. The fourth-order valence-corrected chi connectivity index (χ4v) is 2.86. The molecule has 0 spiro atoms. The first kappa shape index (κ1) is 14.6. The summed E-state index contributed by atoms with van der Waals surface area (Å²) in [7, 11) is 0. The predicted molar refractivity (Wildman–Crippen MR) is 83.9 cm³/mol. The first-order valence-electron chi connectivity index (χ1n) is 7.51. The van der Waals surface area contributed by atoms with Gasteiger partial charge >= 0.3 is 5.97 Å². The summed E-state index contributed by atoms with van der Waals surface area (Å²) in [5.74, 6) is -0.00890. The fourth-order valence-electron chi connectivity index (χ4n) is 2.86. The molecule has 4 heteroatoms. The van der Waals surface area contributed by atoms with Crippen molar-refractivity contribution in [1.29, 1.82) is 0 Å². The minimum absolute atomic E-state index is 0.203. The Morgan fingerprint density at radius 2 is 1.86 bits per heavy atom. The average Bonchev–Trinajstić information content (AvgIpc) is 2.96. The van der Waals surface area contributed by atoms with Crippen molar-refractivity contribution in [3.63, 3.8) is 0 Å². The van der Waals surface area contributed by atoms with Crippen LogP contribution in [-0.4, -0.2) is 29.2 Å². The Labute approximate surface area is 129 Å². The molecule has 1 atom stereocenters. The highest BCUT2D eigenvalue weighted by molar-refractivity contribution is 5.90. The van der Waals surface area contributed by atoms with Crippen molar-refractivity contribution >= 4 is 5.97 Å². The second-order valence-corrected chi connectivity index (χ2v) is 5.63. The number of carbonyl (C=O) groups is 1. The number of aromatic carboxylic acids is 1. The van der Waals surface area contributed by atoms with Gasteiger partial charge in [-0.1, -0.05) is 42.5 Å². The maximum Gasteiger partial charge on any atom is 0.339 e. The molecular formula is C18H19NO3. The molecule has 22 heavy (non-hydrogen) atoms. The van der Waals surface area contributed by atoms with Crippen LogP contribution in [0.2, 0.25) is 0 Å². The average molecular weight is 297 g/mol. The highest BCUT2D eigenvalue weighted by Gasteiger charge is 2.25. The Morgan fingerprint density at radius 3 is 2.64 bits per heavy atom. The van der Waals surface area contributed by atoms with Crippen molar-refractivity contribution in [3.8, 4) is 5.75 Å². The number of benzene rings is 2. The number of para-hydroxylation sites is 1. The molecular weight excluding hydrogens is 278 g/mol. The van der Waals surface area contributed by atoms with Gasteiger partial charge in [-0.3, -0.25) is 0 Å². The number of rotatable bonds is 5. The van der Waals surface area contributed by atoms with Crippen molar-refractivity contribution in [2.24, 2.45) is 5.92 Å². The Bertz CT molecular complexity index is 642. The zero-order valence-electron chi connectivity index (χ0n) is 12.3. The van der Waals surface area contributed by atoms with Crippen LogP contribution in [-0.2, 0) is 6.42 Å². The summed E-state index contributed by atoms with van der Waals surface area (Å²) in [5.41, 5.74) is 1.54. The summed E-state index contributed by atoms with van der Waals surface area (Å²) in [6.07, 6.45) is 2.09. The van der Waals surface area contributed by atoms with Crippen LogP contribution in [0.5, 0.6) is 5.75 Å². The number of carboxylic acid groups (broad SMARTS) is 1. The molecule has 0 amide bonds. The van der Waals surface area contributed by atoms with Crippen molar-refractivity contribution in [1.82, 2.24) is 5.06 Å². The van der Waals surface area contributed by atoms with Crippen LogP contribution < -0.4 is 4.84 Å². The molecule has 1 unspecified atom stereocenters. The van der Waals surface area contributed by atoms with Gasteiger partial charge in [0.25, 0.3) is 0 Å². The first-order valence-corrected chi connectivity index (χ1v) is 7.51. The highest BCUT2D eigenvalue weighted by Crippen LogP contribution is 2.25. The molecule has 0 bridgehead atoms. The molecule has 0 aromatic heterocycles. The molecule has 2 aromatic rings. The van der Waals surface area contributed by atoms with Crippen molar-refractivity contribution in [2.45, 2.75) is 12.8 Å². The Balaban J connectivity index is 1.61. The van der Waals surface area contributed by atoms with Gasteiger partial charge in [0.2, 0.25) is 0 Å². The van der Waals surface area contributed by atoms with Gasteiger partial charge in [0.1, 0.15) is 5.56 Å². The normalized spacial score (nSPS) is 18.3. The third-order valence-electron chi connectivity index (χ3n) is 3.96. The molecule has 114 valence electrons. The quantitative estimate of drug-likeness (QED) is 0.920. The molecule has 1 heterocycles. The molecule has 0 radical (unpaired) electrons. The fraction of sp³-hybridized carbons (Fsp3) is 0.278. The number of nitrogens with zero attached hydrogens (tertiary/aromatic N) is 1. The summed E-state index contributed by atoms with van der Waals surface area (Å²) in [4.78, 5) is 17.0. The van der Waals surface area contributed by atoms with Gasteiger partial charge in [0.05, 0.1) is 0 Å². The Hall–Kier alpha value is -2.33. The SMILES string of the molecule is O=C(O)c1ccccc1ON1CCC(Cc2ccccc2)C1.